The number of hydrogen-bond acceptors (Lipinski definition) is 6. The van der Waals surface area contributed by atoms with E-state index in [1.54, 1.807) is 25.2 Å². The van der Waals surface area contributed by atoms with Crippen LogP contribution >= 0.6 is 11.3 Å². The van der Waals surface area contributed by atoms with E-state index in [-0.39, 0.29) is 12.1 Å². The third-order valence-corrected chi connectivity index (χ3v) is 5.23. The number of carbonyl (C=O) groups is 1. The molecule has 2 rings (SSSR count). The van der Waals surface area contributed by atoms with Crippen molar-refractivity contribution in [1.29, 1.82) is 0 Å². The second kappa shape index (κ2) is 12.3. The van der Waals surface area contributed by atoms with Gasteiger partial charge >= 0.3 is 5.97 Å². The molecule has 0 bridgehead atoms. The quantitative estimate of drug-likeness (QED) is 0.337. The molecule has 0 fully saturated rings. The Labute approximate surface area is 183 Å². The van der Waals surface area contributed by atoms with Gasteiger partial charge in [0, 0.05) is 11.0 Å². The molecule has 0 amide bonds. The summed E-state index contributed by atoms with van der Waals surface area (Å²) in [4.78, 5) is 16.4. The van der Waals surface area contributed by atoms with Crippen LogP contribution in [0.15, 0.2) is 46.9 Å². The van der Waals surface area contributed by atoms with Crippen LogP contribution in [-0.4, -0.2) is 30.3 Å². The zero-order chi connectivity index (χ0) is 21.9. The first-order valence-electron chi connectivity index (χ1n) is 10.2. The highest BCUT2D eigenvalue weighted by molar-refractivity contribution is 7.09. The van der Waals surface area contributed by atoms with Gasteiger partial charge in [0.05, 0.1) is 36.6 Å². The average Bonchev–Trinajstić information content (AvgIpc) is 3.13. The molecule has 6 heteroatoms. The summed E-state index contributed by atoms with van der Waals surface area (Å²) >= 11 is 1.62. The third kappa shape index (κ3) is 7.76. The fourth-order valence-corrected chi connectivity index (χ4v) is 3.39. The number of ether oxygens (including phenoxy) is 3. The average molecular weight is 430 g/mol. The summed E-state index contributed by atoms with van der Waals surface area (Å²) in [6.45, 7) is 11.0. The lowest BCUT2D eigenvalue weighted by atomic mass is 10.1. The van der Waals surface area contributed by atoms with Crippen LogP contribution in [0.3, 0.4) is 0 Å². The van der Waals surface area contributed by atoms with Gasteiger partial charge in [-0.05, 0) is 70.4 Å². The van der Waals surface area contributed by atoms with E-state index in [9.17, 15) is 4.79 Å². The maximum absolute atomic E-state index is 11.9. The highest BCUT2D eigenvalue weighted by Crippen LogP contribution is 2.20. The van der Waals surface area contributed by atoms with Crippen LogP contribution in [0.5, 0.6) is 5.75 Å². The Morgan fingerprint density at radius 2 is 1.90 bits per heavy atom. The summed E-state index contributed by atoms with van der Waals surface area (Å²) in [5.41, 5.74) is 3.63. The number of esters is 1. The minimum absolute atomic E-state index is 0.178. The van der Waals surface area contributed by atoms with E-state index in [0.29, 0.717) is 31.8 Å². The molecule has 0 saturated heterocycles. The maximum Gasteiger partial charge on any atom is 0.333 e. The number of thiazole rings is 1. The van der Waals surface area contributed by atoms with Crippen LogP contribution in [0.1, 0.15) is 50.4 Å². The van der Waals surface area contributed by atoms with Gasteiger partial charge in [0.2, 0.25) is 0 Å². The minimum atomic E-state index is -0.292. The highest BCUT2D eigenvalue weighted by Gasteiger charge is 2.13. The number of aryl methyl sites for hydroxylation is 1. The standard InChI is InChI=1S/C24H31NO4S/c1-6-27-22-11-9-20(10-12-22)15-29-23(13-8-17(3)24(26)28-7-2)18(4)14-21-16-30-19(5)25-21/h8-12,14,16,23H,6-7,13,15H2,1-5H3/b17-8-,18-14+/t23-/m0/s1. The monoisotopic (exact) mass is 429 g/mol. The number of nitrogens with zero attached hydrogens (tertiary/aromatic N) is 1. The van der Waals surface area contributed by atoms with Gasteiger partial charge in [-0.15, -0.1) is 11.3 Å². The molecule has 0 radical (unpaired) electrons. The summed E-state index contributed by atoms with van der Waals surface area (Å²) in [5, 5.41) is 3.06. The minimum Gasteiger partial charge on any atom is -0.494 e. The Kier molecular flexibility index (Phi) is 9.77. The molecule has 0 saturated carbocycles. The molecular formula is C24H31NO4S. The topological polar surface area (TPSA) is 57.7 Å². The molecule has 0 aliphatic heterocycles. The largest absolute Gasteiger partial charge is 0.494 e. The SMILES string of the molecule is CCOC(=O)/C(C)=C\C[C@H](OCc1ccc(OCC)cc1)/C(C)=C/c1csc(C)n1. The molecule has 5 nitrogen and oxygen atoms in total. The third-order valence-electron chi connectivity index (χ3n) is 4.44. The van der Waals surface area contributed by atoms with Gasteiger partial charge in [0.1, 0.15) is 5.75 Å². The van der Waals surface area contributed by atoms with Crippen LogP contribution < -0.4 is 4.74 Å². The first-order valence-corrected chi connectivity index (χ1v) is 11.1. The van der Waals surface area contributed by atoms with Gasteiger partial charge in [-0.25, -0.2) is 9.78 Å². The molecule has 0 aliphatic rings. The number of carbonyl (C=O) groups excluding carboxylic acids is 1. The van der Waals surface area contributed by atoms with Crippen molar-refractivity contribution in [2.75, 3.05) is 13.2 Å². The first-order chi connectivity index (χ1) is 14.4. The number of hydrogen-bond donors (Lipinski definition) is 0. The molecule has 1 heterocycles. The molecule has 0 N–H and O–H groups in total. The van der Waals surface area contributed by atoms with Crippen molar-refractivity contribution in [3.05, 3.63) is 63.1 Å². The Bertz CT molecular complexity index is 868. The van der Waals surface area contributed by atoms with Gasteiger partial charge in [-0.2, -0.15) is 0 Å². The van der Waals surface area contributed by atoms with Crippen molar-refractivity contribution in [1.82, 2.24) is 4.98 Å². The van der Waals surface area contributed by atoms with E-state index < -0.39 is 0 Å². The predicted molar refractivity (Wildman–Crippen MR) is 122 cm³/mol. The molecular weight excluding hydrogens is 398 g/mol. The summed E-state index contributed by atoms with van der Waals surface area (Å²) in [5.74, 6) is 0.556. The molecule has 162 valence electrons. The zero-order valence-electron chi connectivity index (χ0n) is 18.4. The van der Waals surface area contributed by atoms with Crippen LogP contribution in [0.25, 0.3) is 6.08 Å². The fraction of sp³-hybridized carbons (Fsp3) is 0.417. The summed E-state index contributed by atoms with van der Waals surface area (Å²) < 4.78 is 16.8. The van der Waals surface area contributed by atoms with Crippen molar-refractivity contribution in [3.63, 3.8) is 0 Å². The van der Waals surface area contributed by atoms with Crippen molar-refractivity contribution in [2.45, 2.75) is 53.8 Å². The molecule has 0 aliphatic carbocycles. The number of rotatable bonds is 11. The van der Waals surface area contributed by atoms with Gasteiger partial charge in [-0.1, -0.05) is 18.2 Å². The second-order valence-electron chi connectivity index (χ2n) is 6.90. The van der Waals surface area contributed by atoms with Gasteiger partial charge < -0.3 is 14.2 Å². The van der Waals surface area contributed by atoms with Crippen molar-refractivity contribution < 1.29 is 19.0 Å². The molecule has 30 heavy (non-hydrogen) atoms. The van der Waals surface area contributed by atoms with Crippen LogP contribution in [0.4, 0.5) is 0 Å². The fourth-order valence-electron chi connectivity index (χ4n) is 2.82. The van der Waals surface area contributed by atoms with Crippen molar-refractivity contribution in [2.24, 2.45) is 0 Å². The Morgan fingerprint density at radius 1 is 1.17 bits per heavy atom. The van der Waals surface area contributed by atoms with E-state index in [1.165, 1.54) is 0 Å². The Balaban J connectivity index is 2.12. The van der Waals surface area contributed by atoms with E-state index in [0.717, 1.165) is 27.6 Å². The normalized spacial score (nSPS) is 13.2. The lowest BCUT2D eigenvalue weighted by Gasteiger charge is -2.18. The molecule has 2 aromatic rings. The Morgan fingerprint density at radius 3 is 2.50 bits per heavy atom. The first kappa shape index (κ1) is 23.8. The highest BCUT2D eigenvalue weighted by atomic mass is 32.1. The van der Waals surface area contributed by atoms with E-state index >= 15 is 0 Å². The molecule has 1 aromatic carbocycles. The molecule has 0 unspecified atom stereocenters. The van der Waals surface area contributed by atoms with Crippen LogP contribution in [0, 0.1) is 6.92 Å². The van der Waals surface area contributed by atoms with E-state index in [1.807, 2.05) is 62.6 Å². The van der Waals surface area contributed by atoms with Crippen molar-refractivity contribution in [3.8, 4) is 5.75 Å². The van der Waals surface area contributed by atoms with Gasteiger partial charge in [-0.3, -0.25) is 0 Å². The van der Waals surface area contributed by atoms with Crippen molar-refractivity contribution >= 4 is 23.4 Å². The lowest BCUT2D eigenvalue weighted by Crippen LogP contribution is -2.15. The van der Waals surface area contributed by atoms with Crippen LogP contribution in [-0.2, 0) is 20.9 Å². The maximum atomic E-state index is 11.9. The number of aromatic nitrogens is 1. The van der Waals surface area contributed by atoms with E-state index in [2.05, 4.69) is 4.98 Å². The Hall–Kier alpha value is -2.44. The summed E-state index contributed by atoms with van der Waals surface area (Å²) in [6, 6.07) is 7.90. The molecule has 1 atom stereocenters. The molecule has 0 spiro atoms. The zero-order valence-corrected chi connectivity index (χ0v) is 19.3. The molecule has 1 aromatic heterocycles. The summed E-state index contributed by atoms with van der Waals surface area (Å²) in [7, 11) is 0. The summed E-state index contributed by atoms with van der Waals surface area (Å²) in [6.07, 6.45) is 4.32. The number of benzene rings is 1. The van der Waals surface area contributed by atoms with Gasteiger partial charge in [0.25, 0.3) is 0 Å². The smallest absolute Gasteiger partial charge is 0.333 e. The second-order valence-corrected chi connectivity index (χ2v) is 7.96. The van der Waals surface area contributed by atoms with E-state index in [4.69, 9.17) is 14.2 Å². The lowest BCUT2D eigenvalue weighted by molar-refractivity contribution is -0.138. The predicted octanol–water partition coefficient (Wildman–Crippen LogP) is 5.74. The van der Waals surface area contributed by atoms with Gasteiger partial charge in [0.15, 0.2) is 0 Å². The van der Waals surface area contributed by atoms with Crippen LogP contribution in [0.2, 0.25) is 0 Å².